The van der Waals surface area contributed by atoms with Crippen molar-refractivity contribution in [3.63, 3.8) is 0 Å². The number of carbonyl (C=O) groups is 1. The van der Waals surface area contributed by atoms with Crippen LogP contribution in [-0.2, 0) is 9.84 Å². The zero-order valence-electron chi connectivity index (χ0n) is 11.1. The summed E-state index contributed by atoms with van der Waals surface area (Å²) < 4.78 is 24.4. The molecule has 2 aromatic carbocycles. The Kier molecular flexibility index (Phi) is 4.58. The second kappa shape index (κ2) is 6.25. The van der Waals surface area contributed by atoms with E-state index in [0.717, 1.165) is 18.2 Å². The molecule has 0 spiro atoms. The van der Waals surface area contributed by atoms with Crippen LogP contribution in [0.4, 0.5) is 5.69 Å². The summed E-state index contributed by atoms with van der Waals surface area (Å²) in [6, 6.07) is 11.1. The lowest BCUT2D eigenvalue weighted by molar-refractivity contribution is -0.384. The summed E-state index contributed by atoms with van der Waals surface area (Å²) in [5.74, 6) is -1.35. The minimum absolute atomic E-state index is 0.168. The molecular formula is C14H10ClNO5S. The molecule has 0 N–H and O–H groups in total. The van der Waals surface area contributed by atoms with E-state index in [1.54, 1.807) is 18.2 Å². The van der Waals surface area contributed by atoms with E-state index in [1.165, 1.54) is 12.1 Å². The molecule has 0 aliphatic heterocycles. The fourth-order valence-corrected chi connectivity index (χ4v) is 3.22. The van der Waals surface area contributed by atoms with Gasteiger partial charge in [0.1, 0.15) is 10.8 Å². The van der Waals surface area contributed by atoms with Gasteiger partial charge in [-0.2, -0.15) is 0 Å². The number of ketones is 1. The molecule has 0 aliphatic carbocycles. The summed E-state index contributed by atoms with van der Waals surface area (Å²) in [5.41, 5.74) is -0.260. The van der Waals surface area contributed by atoms with Gasteiger partial charge in [-0.3, -0.25) is 14.9 Å². The molecule has 22 heavy (non-hydrogen) atoms. The molecule has 0 atom stereocenters. The van der Waals surface area contributed by atoms with Gasteiger partial charge in [-0.25, -0.2) is 8.42 Å². The van der Waals surface area contributed by atoms with Crippen molar-refractivity contribution in [1.29, 1.82) is 0 Å². The van der Waals surface area contributed by atoms with E-state index in [9.17, 15) is 23.3 Å². The number of nitrogens with zero attached hydrogens (tertiary/aromatic N) is 1. The highest BCUT2D eigenvalue weighted by Crippen LogP contribution is 2.27. The van der Waals surface area contributed by atoms with Crippen molar-refractivity contribution in [2.75, 3.05) is 5.75 Å². The van der Waals surface area contributed by atoms with Crippen LogP contribution in [0.1, 0.15) is 10.4 Å². The molecule has 0 saturated heterocycles. The summed E-state index contributed by atoms with van der Waals surface area (Å²) in [7, 11) is -3.99. The van der Waals surface area contributed by atoms with Gasteiger partial charge in [-0.15, -0.1) is 0 Å². The Hall–Kier alpha value is -2.25. The normalized spacial score (nSPS) is 11.1. The Labute approximate surface area is 131 Å². The number of hydrogen-bond acceptors (Lipinski definition) is 5. The van der Waals surface area contributed by atoms with Crippen LogP contribution in [0.3, 0.4) is 0 Å². The highest BCUT2D eigenvalue weighted by Gasteiger charge is 2.24. The van der Waals surface area contributed by atoms with Crippen molar-refractivity contribution in [3.05, 3.63) is 69.2 Å². The zero-order chi connectivity index (χ0) is 16.3. The van der Waals surface area contributed by atoms with Crippen molar-refractivity contribution in [2.45, 2.75) is 4.90 Å². The van der Waals surface area contributed by atoms with E-state index in [4.69, 9.17) is 11.6 Å². The van der Waals surface area contributed by atoms with E-state index < -0.39 is 32.0 Å². The molecule has 2 rings (SSSR count). The molecule has 114 valence electrons. The molecule has 0 unspecified atom stereocenters. The van der Waals surface area contributed by atoms with Gasteiger partial charge < -0.3 is 0 Å². The molecule has 6 nitrogen and oxygen atoms in total. The molecular weight excluding hydrogens is 330 g/mol. The summed E-state index contributed by atoms with van der Waals surface area (Å²) >= 11 is 5.64. The standard InChI is InChI=1S/C14H10ClNO5S/c15-12-7-6-11(8-13(12)16(18)19)22(20,21)9-14(17)10-4-2-1-3-5-10/h1-8H,9H2. The van der Waals surface area contributed by atoms with E-state index in [1.807, 2.05) is 0 Å². The average Bonchev–Trinajstić information content (AvgIpc) is 2.47. The monoisotopic (exact) mass is 339 g/mol. The number of halogens is 1. The van der Waals surface area contributed by atoms with Gasteiger partial charge in [-0.05, 0) is 12.1 Å². The first kappa shape index (κ1) is 16.1. The van der Waals surface area contributed by atoms with Crippen molar-refractivity contribution in [3.8, 4) is 0 Å². The van der Waals surface area contributed by atoms with Crippen LogP contribution in [0.5, 0.6) is 0 Å². The average molecular weight is 340 g/mol. The Balaban J connectivity index is 2.33. The molecule has 0 heterocycles. The molecule has 0 bridgehead atoms. The van der Waals surface area contributed by atoms with Crippen LogP contribution in [0, 0.1) is 10.1 Å². The number of rotatable bonds is 5. The highest BCUT2D eigenvalue weighted by molar-refractivity contribution is 7.92. The van der Waals surface area contributed by atoms with Gasteiger partial charge >= 0.3 is 0 Å². The molecule has 2 aromatic rings. The Bertz CT molecular complexity index is 834. The lowest BCUT2D eigenvalue weighted by Gasteiger charge is -2.05. The fraction of sp³-hybridized carbons (Fsp3) is 0.0714. The summed E-state index contributed by atoms with van der Waals surface area (Å²) in [4.78, 5) is 21.7. The minimum atomic E-state index is -3.99. The lowest BCUT2D eigenvalue weighted by atomic mass is 10.2. The molecule has 0 radical (unpaired) electrons. The highest BCUT2D eigenvalue weighted by atomic mass is 35.5. The van der Waals surface area contributed by atoms with Crippen LogP contribution < -0.4 is 0 Å². The quantitative estimate of drug-likeness (QED) is 0.474. The predicted octanol–water partition coefficient (Wildman–Crippen LogP) is 2.90. The van der Waals surface area contributed by atoms with Gasteiger partial charge in [0.05, 0.1) is 9.82 Å². The summed E-state index contributed by atoms with van der Waals surface area (Å²) in [6.07, 6.45) is 0. The fourth-order valence-electron chi connectivity index (χ4n) is 1.79. The van der Waals surface area contributed by atoms with Crippen LogP contribution in [0.15, 0.2) is 53.4 Å². The zero-order valence-corrected chi connectivity index (χ0v) is 12.7. The van der Waals surface area contributed by atoms with E-state index in [2.05, 4.69) is 0 Å². The van der Waals surface area contributed by atoms with Crippen LogP contribution in [0.25, 0.3) is 0 Å². The van der Waals surface area contributed by atoms with Crippen molar-refractivity contribution in [2.24, 2.45) is 0 Å². The Morgan fingerprint density at radius 1 is 1.14 bits per heavy atom. The maximum absolute atomic E-state index is 12.2. The van der Waals surface area contributed by atoms with E-state index in [-0.39, 0.29) is 15.5 Å². The first-order valence-corrected chi connectivity index (χ1v) is 8.09. The number of Topliss-reactive ketones (excluding diaryl/α,β-unsaturated/α-hetero) is 1. The smallest absolute Gasteiger partial charge is 0.289 e. The molecule has 0 amide bonds. The number of nitro groups is 1. The molecule has 0 aromatic heterocycles. The van der Waals surface area contributed by atoms with Crippen LogP contribution >= 0.6 is 11.6 Å². The summed E-state index contributed by atoms with van der Waals surface area (Å²) in [5, 5.41) is 10.6. The number of hydrogen-bond donors (Lipinski definition) is 0. The first-order valence-electron chi connectivity index (χ1n) is 6.06. The molecule has 8 heteroatoms. The number of nitro benzene ring substituents is 1. The van der Waals surface area contributed by atoms with E-state index >= 15 is 0 Å². The second-order valence-corrected chi connectivity index (χ2v) is 6.82. The van der Waals surface area contributed by atoms with Gasteiger partial charge in [0, 0.05) is 11.6 Å². The lowest BCUT2D eigenvalue weighted by Crippen LogP contribution is -2.16. The Morgan fingerprint density at radius 2 is 1.77 bits per heavy atom. The van der Waals surface area contributed by atoms with E-state index in [0.29, 0.717) is 0 Å². The number of carbonyl (C=O) groups excluding carboxylic acids is 1. The van der Waals surface area contributed by atoms with Crippen molar-refractivity contribution >= 4 is 32.9 Å². The third-order valence-electron chi connectivity index (χ3n) is 2.89. The third-order valence-corrected chi connectivity index (χ3v) is 4.82. The molecule has 0 aliphatic rings. The molecule has 0 saturated carbocycles. The van der Waals surface area contributed by atoms with Crippen LogP contribution in [0.2, 0.25) is 5.02 Å². The van der Waals surface area contributed by atoms with Gasteiger partial charge in [-0.1, -0.05) is 41.9 Å². The topological polar surface area (TPSA) is 94.3 Å². The maximum Gasteiger partial charge on any atom is 0.289 e. The second-order valence-electron chi connectivity index (χ2n) is 4.42. The first-order chi connectivity index (χ1) is 10.3. The minimum Gasteiger partial charge on any atom is -0.293 e. The van der Waals surface area contributed by atoms with Crippen molar-refractivity contribution in [1.82, 2.24) is 0 Å². The summed E-state index contributed by atoms with van der Waals surface area (Å²) in [6.45, 7) is 0. The van der Waals surface area contributed by atoms with Gasteiger partial charge in [0.15, 0.2) is 15.6 Å². The van der Waals surface area contributed by atoms with Gasteiger partial charge in [0.2, 0.25) is 0 Å². The SMILES string of the molecule is O=C(CS(=O)(=O)c1ccc(Cl)c([N+](=O)[O-])c1)c1ccccc1. The Morgan fingerprint density at radius 3 is 2.36 bits per heavy atom. The predicted molar refractivity (Wildman–Crippen MR) is 80.9 cm³/mol. The largest absolute Gasteiger partial charge is 0.293 e. The van der Waals surface area contributed by atoms with Crippen LogP contribution in [-0.4, -0.2) is 24.9 Å². The maximum atomic E-state index is 12.2. The third kappa shape index (κ3) is 3.49. The number of benzene rings is 2. The number of sulfone groups is 1. The van der Waals surface area contributed by atoms with Crippen molar-refractivity contribution < 1.29 is 18.1 Å². The molecule has 0 fully saturated rings. The van der Waals surface area contributed by atoms with Gasteiger partial charge in [0.25, 0.3) is 5.69 Å².